The smallest absolute Gasteiger partial charge is 0.381 e. The average molecular weight is 407 g/mol. The number of hydrogen-bond donors (Lipinski definition) is 0. The number of nitrogens with zero attached hydrogens (tertiary/aromatic N) is 1. The third kappa shape index (κ3) is 2.77. The van der Waals surface area contributed by atoms with Gasteiger partial charge < -0.3 is 13.7 Å². The molecule has 3 unspecified atom stereocenters. The van der Waals surface area contributed by atoms with Crippen molar-refractivity contribution in [1.29, 1.82) is 5.26 Å². The van der Waals surface area contributed by atoms with E-state index in [9.17, 15) is 26.9 Å². The highest BCUT2D eigenvalue weighted by Crippen LogP contribution is 2.62. The van der Waals surface area contributed by atoms with Crippen LogP contribution < -0.4 is 0 Å². The van der Waals surface area contributed by atoms with E-state index in [4.69, 9.17) is 9.47 Å². The third-order valence-corrected chi connectivity index (χ3v) is 7.41. The van der Waals surface area contributed by atoms with Crippen molar-refractivity contribution in [3.63, 3.8) is 0 Å². The Kier molecular flexibility index (Phi) is 4.29. The number of fused-ring (bicyclic) bond motifs is 4. The lowest BCUT2D eigenvalue weighted by Gasteiger charge is -2.50. The molecule has 1 heterocycles. The maximum absolute atomic E-state index is 12.8. The standard InChI is InChI=1S/C17H20F3NO5S/c18-17(19,20)27(22,23)26-13-4-7-15(10-21)6-3-12-11(14(13)15)2-1-5-16(12)24-8-9-25-16/h11-12H,1-9H2. The molecule has 1 saturated heterocycles. The molecule has 1 spiro atoms. The normalized spacial score (nSPS) is 35.6. The molecular formula is C17H20F3NO5S. The highest BCUT2D eigenvalue weighted by molar-refractivity contribution is 7.87. The maximum Gasteiger partial charge on any atom is 0.534 e. The number of allylic oxidation sites excluding steroid dienone is 2. The van der Waals surface area contributed by atoms with Crippen LogP contribution in [0.15, 0.2) is 11.3 Å². The molecule has 2 saturated carbocycles. The molecule has 0 aromatic rings. The SMILES string of the molecule is N#CC12CCC(OS(=O)(=O)C(F)(F)F)=C1C1CCCC3(OCCO3)C1CC2. The van der Waals surface area contributed by atoms with Crippen molar-refractivity contribution >= 4 is 10.1 Å². The monoisotopic (exact) mass is 407 g/mol. The van der Waals surface area contributed by atoms with Gasteiger partial charge in [-0.1, -0.05) is 0 Å². The Morgan fingerprint density at radius 1 is 1.15 bits per heavy atom. The molecule has 4 rings (SSSR count). The van der Waals surface area contributed by atoms with Crippen LogP contribution in [0.2, 0.25) is 0 Å². The van der Waals surface area contributed by atoms with Crippen molar-refractivity contribution in [2.24, 2.45) is 17.3 Å². The molecule has 0 aromatic carbocycles. The lowest BCUT2D eigenvalue weighted by molar-refractivity contribution is -0.229. The Morgan fingerprint density at radius 3 is 2.48 bits per heavy atom. The molecule has 0 aromatic heterocycles. The van der Waals surface area contributed by atoms with Crippen LogP contribution in [0.1, 0.15) is 44.9 Å². The summed E-state index contributed by atoms with van der Waals surface area (Å²) in [5, 5.41) is 9.80. The first-order valence-electron chi connectivity index (χ1n) is 9.08. The Hall–Kier alpha value is -1.31. The minimum absolute atomic E-state index is 0.0101. The molecule has 10 heteroatoms. The summed E-state index contributed by atoms with van der Waals surface area (Å²) in [6.07, 6.45) is 3.45. The van der Waals surface area contributed by atoms with Gasteiger partial charge in [0.25, 0.3) is 0 Å². The Balaban J connectivity index is 1.76. The number of halogens is 3. The molecule has 3 atom stereocenters. The molecule has 0 amide bonds. The van der Waals surface area contributed by atoms with E-state index in [1.165, 1.54) is 0 Å². The predicted octanol–water partition coefficient (Wildman–Crippen LogP) is 3.36. The molecule has 150 valence electrons. The molecular weight excluding hydrogens is 387 g/mol. The van der Waals surface area contributed by atoms with Crippen LogP contribution in [0, 0.1) is 28.6 Å². The molecule has 27 heavy (non-hydrogen) atoms. The number of nitriles is 1. The average Bonchev–Trinajstić information content (AvgIpc) is 3.20. The fourth-order valence-corrected chi connectivity index (χ4v) is 5.91. The van der Waals surface area contributed by atoms with Crippen LogP contribution in [-0.4, -0.2) is 32.9 Å². The molecule has 6 nitrogen and oxygen atoms in total. The van der Waals surface area contributed by atoms with Gasteiger partial charge in [0.2, 0.25) is 0 Å². The van der Waals surface area contributed by atoms with Crippen LogP contribution in [0.4, 0.5) is 13.2 Å². The Morgan fingerprint density at radius 2 is 1.85 bits per heavy atom. The van der Waals surface area contributed by atoms with E-state index in [1.54, 1.807) is 0 Å². The van der Waals surface area contributed by atoms with Gasteiger partial charge in [-0.05, 0) is 43.6 Å². The molecule has 3 aliphatic carbocycles. The summed E-state index contributed by atoms with van der Waals surface area (Å²) in [4.78, 5) is 0. The van der Waals surface area contributed by atoms with E-state index in [-0.39, 0.29) is 30.4 Å². The van der Waals surface area contributed by atoms with Gasteiger partial charge in [0.15, 0.2) is 5.79 Å². The Bertz CT molecular complexity index is 809. The molecule has 0 bridgehead atoms. The zero-order valence-electron chi connectivity index (χ0n) is 14.5. The largest absolute Gasteiger partial charge is 0.534 e. The molecule has 1 aliphatic heterocycles. The van der Waals surface area contributed by atoms with Crippen LogP contribution in [0.3, 0.4) is 0 Å². The summed E-state index contributed by atoms with van der Waals surface area (Å²) < 4.78 is 77.9. The third-order valence-electron chi connectivity index (χ3n) is 6.42. The quantitative estimate of drug-likeness (QED) is 0.515. The summed E-state index contributed by atoms with van der Waals surface area (Å²) in [6, 6.07) is 2.25. The second kappa shape index (κ2) is 6.09. The number of ether oxygens (including phenoxy) is 2. The van der Waals surface area contributed by atoms with E-state index in [0.717, 1.165) is 6.42 Å². The lowest BCUT2D eigenvalue weighted by atomic mass is 9.57. The van der Waals surface area contributed by atoms with Crippen molar-refractivity contribution in [2.45, 2.75) is 56.2 Å². The summed E-state index contributed by atoms with van der Waals surface area (Å²) in [7, 11) is -5.76. The van der Waals surface area contributed by atoms with Gasteiger partial charge in [0.1, 0.15) is 5.76 Å². The first kappa shape index (κ1) is 19.0. The van der Waals surface area contributed by atoms with Gasteiger partial charge in [0.05, 0.1) is 24.7 Å². The second-order valence-electron chi connectivity index (χ2n) is 7.67. The predicted molar refractivity (Wildman–Crippen MR) is 85.1 cm³/mol. The second-order valence-corrected chi connectivity index (χ2v) is 9.20. The van der Waals surface area contributed by atoms with Gasteiger partial charge in [-0.15, -0.1) is 0 Å². The first-order valence-corrected chi connectivity index (χ1v) is 10.5. The van der Waals surface area contributed by atoms with Gasteiger partial charge in [0, 0.05) is 18.8 Å². The van der Waals surface area contributed by atoms with Gasteiger partial charge in [-0.2, -0.15) is 26.9 Å². The van der Waals surface area contributed by atoms with Gasteiger partial charge in [-0.25, -0.2) is 0 Å². The molecule has 3 fully saturated rings. The number of alkyl halides is 3. The number of rotatable bonds is 2. The fourth-order valence-electron chi connectivity index (χ4n) is 5.38. The zero-order valence-corrected chi connectivity index (χ0v) is 15.4. The van der Waals surface area contributed by atoms with Crippen molar-refractivity contribution in [3.8, 4) is 6.07 Å². The van der Waals surface area contributed by atoms with Crippen LogP contribution >= 0.6 is 0 Å². The van der Waals surface area contributed by atoms with Crippen LogP contribution in [0.5, 0.6) is 0 Å². The van der Waals surface area contributed by atoms with Gasteiger partial charge >= 0.3 is 15.6 Å². The van der Waals surface area contributed by atoms with E-state index < -0.39 is 26.8 Å². The van der Waals surface area contributed by atoms with E-state index in [0.29, 0.717) is 44.5 Å². The Labute approximate surface area is 155 Å². The topological polar surface area (TPSA) is 85.6 Å². The zero-order chi connectivity index (χ0) is 19.5. The van der Waals surface area contributed by atoms with Crippen molar-refractivity contribution in [3.05, 3.63) is 11.3 Å². The first-order chi connectivity index (χ1) is 12.6. The van der Waals surface area contributed by atoms with E-state index in [1.807, 2.05) is 0 Å². The van der Waals surface area contributed by atoms with Crippen molar-refractivity contribution in [1.82, 2.24) is 0 Å². The van der Waals surface area contributed by atoms with E-state index >= 15 is 0 Å². The van der Waals surface area contributed by atoms with Gasteiger partial charge in [-0.3, -0.25) is 0 Å². The van der Waals surface area contributed by atoms with Crippen LogP contribution in [-0.2, 0) is 23.8 Å². The lowest BCUT2D eigenvalue weighted by Crippen LogP contribution is -2.51. The van der Waals surface area contributed by atoms with Crippen molar-refractivity contribution in [2.75, 3.05) is 13.2 Å². The maximum atomic E-state index is 12.8. The molecule has 0 radical (unpaired) electrons. The highest BCUT2D eigenvalue weighted by atomic mass is 32.2. The molecule has 4 aliphatic rings. The minimum atomic E-state index is -5.76. The summed E-state index contributed by atoms with van der Waals surface area (Å²) >= 11 is 0. The summed E-state index contributed by atoms with van der Waals surface area (Å²) in [5.41, 5.74) is -6.04. The van der Waals surface area contributed by atoms with Crippen LogP contribution in [0.25, 0.3) is 0 Å². The summed E-state index contributed by atoms with van der Waals surface area (Å²) in [5.74, 6) is -1.38. The molecule has 0 N–H and O–H groups in total. The summed E-state index contributed by atoms with van der Waals surface area (Å²) in [6.45, 7) is 0.912. The minimum Gasteiger partial charge on any atom is -0.381 e. The fraction of sp³-hybridized carbons (Fsp3) is 0.824. The highest BCUT2D eigenvalue weighted by Gasteiger charge is 2.60. The van der Waals surface area contributed by atoms with Crippen molar-refractivity contribution < 1.29 is 35.2 Å². The number of hydrogen-bond acceptors (Lipinski definition) is 6. The van der Waals surface area contributed by atoms with E-state index in [2.05, 4.69) is 10.3 Å².